The average molecular weight is 246 g/mol. The number of anilines is 1. The maximum Gasteiger partial charge on any atom is 0.245 e. The molecule has 0 saturated heterocycles. The minimum Gasteiger partial charge on any atom is -0.369 e. The van der Waals surface area contributed by atoms with Crippen LogP contribution in [0.1, 0.15) is 19.9 Å². The van der Waals surface area contributed by atoms with Crippen LogP contribution in [-0.4, -0.2) is 34.0 Å². The van der Waals surface area contributed by atoms with Crippen LogP contribution in [0.15, 0.2) is 24.3 Å². The van der Waals surface area contributed by atoms with Gasteiger partial charge in [-0.3, -0.25) is 9.36 Å². The van der Waals surface area contributed by atoms with Crippen molar-refractivity contribution in [2.24, 2.45) is 0 Å². The van der Waals surface area contributed by atoms with E-state index in [2.05, 4.69) is 4.98 Å². The van der Waals surface area contributed by atoms with Gasteiger partial charge in [0.2, 0.25) is 11.9 Å². The number of nitrogens with zero attached hydrogens (tertiary/aromatic N) is 3. The monoisotopic (exact) mass is 246 g/mol. The van der Waals surface area contributed by atoms with Crippen molar-refractivity contribution < 1.29 is 4.79 Å². The predicted octanol–water partition coefficient (Wildman–Crippen LogP) is 1.66. The Hall–Kier alpha value is -2.04. The summed E-state index contributed by atoms with van der Waals surface area (Å²) >= 11 is 0. The van der Waals surface area contributed by atoms with Crippen LogP contribution >= 0.6 is 0 Å². The van der Waals surface area contributed by atoms with Crippen molar-refractivity contribution in [3.05, 3.63) is 24.3 Å². The minimum atomic E-state index is -0.345. The minimum absolute atomic E-state index is 0.0346. The van der Waals surface area contributed by atoms with Gasteiger partial charge in [-0.15, -0.1) is 0 Å². The van der Waals surface area contributed by atoms with E-state index >= 15 is 0 Å². The van der Waals surface area contributed by atoms with Gasteiger partial charge in [-0.1, -0.05) is 12.1 Å². The zero-order valence-electron chi connectivity index (χ0n) is 10.9. The summed E-state index contributed by atoms with van der Waals surface area (Å²) in [6, 6.07) is 7.30. The lowest BCUT2D eigenvalue weighted by Gasteiger charge is -2.21. The number of para-hydroxylation sites is 2. The molecule has 0 aliphatic rings. The first-order valence-electron chi connectivity index (χ1n) is 6.03. The smallest absolute Gasteiger partial charge is 0.245 e. The first kappa shape index (κ1) is 12.4. The van der Waals surface area contributed by atoms with Crippen LogP contribution in [0.4, 0.5) is 5.95 Å². The molecule has 18 heavy (non-hydrogen) atoms. The van der Waals surface area contributed by atoms with Crippen molar-refractivity contribution in [2.45, 2.75) is 19.9 Å². The molecule has 2 aromatic rings. The lowest BCUT2D eigenvalue weighted by Crippen LogP contribution is -2.33. The normalized spacial score (nSPS) is 12.6. The molecular formula is C13H18N4O. The van der Waals surface area contributed by atoms with Crippen LogP contribution in [0.3, 0.4) is 0 Å². The molecule has 1 amide bonds. The second kappa shape index (κ2) is 4.68. The molecule has 96 valence electrons. The van der Waals surface area contributed by atoms with Crippen molar-refractivity contribution in [1.29, 1.82) is 0 Å². The summed E-state index contributed by atoms with van der Waals surface area (Å²) in [5.41, 5.74) is 7.62. The topological polar surface area (TPSA) is 64.2 Å². The van der Waals surface area contributed by atoms with Crippen molar-refractivity contribution in [3.8, 4) is 0 Å². The van der Waals surface area contributed by atoms with Crippen molar-refractivity contribution in [1.82, 2.24) is 14.5 Å². The Morgan fingerprint density at radius 2 is 2.17 bits per heavy atom. The summed E-state index contributed by atoms with van der Waals surface area (Å²) in [4.78, 5) is 18.1. The van der Waals surface area contributed by atoms with E-state index in [1.165, 1.54) is 0 Å². The zero-order valence-corrected chi connectivity index (χ0v) is 10.9. The number of nitrogens with two attached hydrogens (primary N) is 1. The molecule has 2 N–H and O–H groups in total. The van der Waals surface area contributed by atoms with Crippen molar-refractivity contribution in [2.75, 3.05) is 19.3 Å². The van der Waals surface area contributed by atoms with Gasteiger partial charge in [-0.25, -0.2) is 4.98 Å². The highest BCUT2D eigenvalue weighted by atomic mass is 16.2. The standard InChI is InChI=1S/C13H18N4O/c1-4-16(3)12(18)9(2)17-11-8-6-5-7-10(11)15-13(17)14/h5-9H,4H2,1-3H3,(H2,14,15). The van der Waals surface area contributed by atoms with Crippen LogP contribution in [0.2, 0.25) is 0 Å². The summed E-state index contributed by atoms with van der Waals surface area (Å²) in [7, 11) is 1.79. The number of rotatable bonds is 3. The number of carbonyl (C=O) groups is 1. The summed E-state index contributed by atoms with van der Waals surface area (Å²) < 4.78 is 1.78. The summed E-state index contributed by atoms with van der Waals surface area (Å²) in [6.07, 6.45) is 0. The largest absolute Gasteiger partial charge is 0.369 e. The number of hydrogen-bond acceptors (Lipinski definition) is 3. The Morgan fingerprint density at radius 1 is 1.50 bits per heavy atom. The van der Waals surface area contributed by atoms with Crippen LogP contribution in [-0.2, 0) is 4.79 Å². The average Bonchev–Trinajstić information content (AvgIpc) is 2.71. The van der Waals surface area contributed by atoms with E-state index in [4.69, 9.17) is 5.73 Å². The highest BCUT2D eigenvalue weighted by molar-refractivity contribution is 5.85. The highest BCUT2D eigenvalue weighted by Crippen LogP contribution is 2.23. The third-order valence-corrected chi connectivity index (χ3v) is 3.22. The van der Waals surface area contributed by atoms with Crippen LogP contribution < -0.4 is 5.73 Å². The third-order valence-electron chi connectivity index (χ3n) is 3.22. The molecule has 1 aromatic carbocycles. The molecule has 1 atom stereocenters. The number of aromatic nitrogens is 2. The molecule has 5 nitrogen and oxygen atoms in total. The van der Waals surface area contributed by atoms with Gasteiger partial charge in [0.25, 0.3) is 0 Å². The van der Waals surface area contributed by atoms with E-state index in [-0.39, 0.29) is 11.9 Å². The third kappa shape index (κ3) is 1.92. The van der Waals surface area contributed by atoms with Gasteiger partial charge in [0.1, 0.15) is 6.04 Å². The Kier molecular flexibility index (Phi) is 3.23. The molecule has 0 fully saturated rings. The quantitative estimate of drug-likeness (QED) is 0.895. The summed E-state index contributed by atoms with van der Waals surface area (Å²) in [5, 5.41) is 0. The molecule has 0 bridgehead atoms. The second-order valence-corrected chi connectivity index (χ2v) is 4.36. The van der Waals surface area contributed by atoms with Crippen LogP contribution in [0, 0.1) is 0 Å². The number of benzene rings is 1. The lowest BCUT2D eigenvalue weighted by molar-refractivity contribution is -0.132. The fourth-order valence-electron chi connectivity index (χ4n) is 2.06. The van der Waals surface area contributed by atoms with E-state index in [1.807, 2.05) is 38.1 Å². The van der Waals surface area contributed by atoms with Gasteiger partial charge in [0.05, 0.1) is 11.0 Å². The number of likely N-dealkylation sites (N-methyl/N-ethyl adjacent to an activating group) is 1. The lowest BCUT2D eigenvalue weighted by atomic mass is 10.2. The maximum atomic E-state index is 12.2. The fraction of sp³-hybridized carbons (Fsp3) is 0.385. The predicted molar refractivity (Wildman–Crippen MR) is 72.2 cm³/mol. The maximum absolute atomic E-state index is 12.2. The van der Waals surface area contributed by atoms with Gasteiger partial charge in [0, 0.05) is 13.6 Å². The Morgan fingerprint density at radius 3 is 2.83 bits per heavy atom. The molecule has 0 saturated carbocycles. The number of amides is 1. The van der Waals surface area contributed by atoms with Gasteiger partial charge in [0.15, 0.2) is 0 Å². The first-order chi connectivity index (χ1) is 8.56. The molecule has 0 radical (unpaired) electrons. The van der Waals surface area contributed by atoms with Crippen LogP contribution in [0.5, 0.6) is 0 Å². The van der Waals surface area contributed by atoms with E-state index in [1.54, 1.807) is 16.5 Å². The van der Waals surface area contributed by atoms with Gasteiger partial charge in [-0.05, 0) is 26.0 Å². The first-order valence-corrected chi connectivity index (χ1v) is 6.03. The zero-order chi connectivity index (χ0) is 13.3. The molecular weight excluding hydrogens is 228 g/mol. The summed E-state index contributed by atoms with van der Waals surface area (Å²) in [5.74, 6) is 0.411. The Labute approximate surface area is 106 Å². The van der Waals surface area contributed by atoms with E-state index < -0.39 is 0 Å². The Balaban J connectivity index is 2.47. The summed E-state index contributed by atoms with van der Waals surface area (Å²) in [6.45, 7) is 4.47. The van der Waals surface area contributed by atoms with E-state index in [9.17, 15) is 4.79 Å². The van der Waals surface area contributed by atoms with Crippen molar-refractivity contribution in [3.63, 3.8) is 0 Å². The molecule has 0 aliphatic carbocycles. The van der Waals surface area contributed by atoms with Crippen LogP contribution in [0.25, 0.3) is 11.0 Å². The molecule has 1 aromatic heterocycles. The SMILES string of the molecule is CCN(C)C(=O)C(C)n1c(N)nc2ccccc21. The van der Waals surface area contributed by atoms with Gasteiger partial charge >= 0.3 is 0 Å². The number of hydrogen-bond donors (Lipinski definition) is 1. The molecule has 2 rings (SSSR count). The Bertz CT molecular complexity index is 575. The molecule has 1 heterocycles. The molecule has 5 heteroatoms. The molecule has 0 spiro atoms. The van der Waals surface area contributed by atoms with E-state index in [0.29, 0.717) is 12.5 Å². The number of fused-ring (bicyclic) bond motifs is 1. The molecule has 1 unspecified atom stereocenters. The van der Waals surface area contributed by atoms with Crippen molar-refractivity contribution >= 4 is 22.9 Å². The number of imidazole rings is 1. The highest BCUT2D eigenvalue weighted by Gasteiger charge is 2.22. The number of nitrogen functional groups attached to an aromatic ring is 1. The number of carbonyl (C=O) groups excluding carboxylic acids is 1. The van der Waals surface area contributed by atoms with E-state index in [0.717, 1.165) is 11.0 Å². The second-order valence-electron chi connectivity index (χ2n) is 4.36. The van der Waals surface area contributed by atoms with Gasteiger partial charge in [-0.2, -0.15) is 0 Å². The van der Waals surface area contributed by atoms with Gasteiger partial charge < -0.3 is 10.6 Å². The fourth-order valence-corrected chi connectivity index (χ4v) is 2.06. The molecule has 0 aliphatic heterocycles.